The third kappa shape index (κ3) is 3.50. The maximum absolute atomic E-state index is 4.98. The lowest BCUT2D eigenvalue weighted by atomic mass is 9.89. The van der Waals surface area contributed by atoms with E-state index < -0.39 is 0 Å². The van der Waals surface area contributed by atoms with Crippen molar-refractivity contribution in [1.82, 2.24) is 15.0 Å². The van der Waals surface area contributed by atoms with E-state index in [0.717, 1.165) is 46.5 Å². The van der Waals surface area contributed by atoms with Crippen LogP contribution in [0.25, 0.3) is 22.4 Å². The third-order valence-corrected chi connectivity index (χ3v) is 5.55. The summed E-state index contributed by atoms with van der Waals surface area (Å²) in [6.07, 6.45) is 5.38. The zero-order chi connectivity index (χ0) is 18.3. The maximum Gasteiger partial charge on any atom is 0.157 e. The number of aromatic nitrogens is 3. The van der Waals surface area contributed by atoms with Crippen LogP contribution in [-0.4, -0.2) is 28.0 Å². The molecule has 5 heteroatoms. The minimum absolute atomic E-state index is 0.186. The average molecular weight is 413 g/mol. The quantitative estimate of drug-likeness (QED) is 0.610. The molecule has 1 fully saturated rings. The average Bonchev–Trinajstić information content (AvgIpc) is 3.23. The van der Waals surface area contributed by atoms with Gasteiger partial charge in [-0.25, -0.2) is 9.97 Å². The van der Waals surface area contributed by atoms with Gasteiger partial charge in [0.1, 0.15) is 5.52 Å². The van der Waals surface area contributed by atoms with Crippen LogP contribution < -0.4 is 4.90 Å². The molecule has 1 aliphatic rings. The molecule has 4 rings (SSSR count). The van der Waals surface area contributed by atoms with Crippen LogP contribution in [0.3, 0.4) is 0 Å². The molecule has 26 heavy (non-hydrogen) atoms. The van der Waals surface area contributed by atoms with Gasteiger partial charge >= 0.3 is 0 Å². The molecule has 0 unspecified atom stereocenters. The van der Waals surface area contributed by atoms with E-state index in [2.05, 4.69) is 75.8 Å². The fourth-order valence-electron chi connectivity index (χ4n) is 3.64. The summed E-state index contributed by atoms with van der Waals surface area (Å²) in [6, 6.07) is 8.68. The Morgan fingerprint density at radius 3 is 2.69 bits per heavy atom. The number of rotatable bonds is 3. The predicted molar refractivity (Wildman–Crippen MR) is 112 cm³/mol. The molecule has 1 aromatic carbocycles. The number of anilines is 1. The van der Waals surface area contributed by atoms with Gasteiger partial charge in [-0.05, 0) is 52.7 Å². The number of benzene rings is 1. The van der Waals surface area contributed by atoms with Gasteiger partial charge in [-0.1, -0.05) is 32.9 Å². The molecule has 4 nitrogen and oxygen atoms in total. The number of aromatic amines is 1. The SMILES string of the molecule is CC(C)(C)Cc1c(Br)[nH]c2ncc(-c3cccc(N4CCCC4)c3)nc12. The zero-order valence-electron chi connectivity index (χ0n) is 15.6. The number of fused-ring (bicyclic) bond motifs is 1. The largest absolute Gasteiger partial charge is 0.372 e. The van der Waals surface area contributed by atoms with Gasteiger partial charge in [0.25, 0.3) is 0 Å². The van der Waals surface area contributed by atoms with Gasteiger partial charge in [0.15, 0.2) is 5.65 Å². The molecule has 2 aromatic heterocycles. The van der Waals surface area contributed by atoms with Crippen LogP contribution in [-0.2, 0) is 6.42 Å². The van der Waals surface area contributed by atoms with Crippen LogP contribution in [0, 0.1) is 5.41 Å². The van der Waals surface area contributed by atoms with Gasteiger partial charge < -0.3 is 9.88 Å². The van der Waals surface area contributed by atoms with Crippen molar-refractivity contribution in [2.45, 2.75) is 40.0 Å². The number of nitrogens with zero attached hydrogens (tertiary/aromatic N) is 3. The smallest absolute Gasteiger partial charge is 0.157 e. The van der Waals surface area contributed by atoms with Gasteiger partial charge in [-0.15, -0.1) is 0 Å². The molecule has 0 aliphatic carbocycles. The van der Waals surface area contributed by atoms with Crippen molar-refractivity contribution in [3.05, 3.63) is 40.6 Å². The summed E-state index contributed by atoms with van der Waals surface area (Å²) in [7, 11) is 0. The Labute approximate surface area is 163 Å². The normalized spacial score (nSPS) is 15.2. The van der Waals surface area contributed by atoms with Crippen molar-refractivity contribution < 1.29 is 0 Å². The highest BCUT2D eigenvalue weighted by Crippen LogP contribution is 2.32. The van der Waals surface area contributed by atoms with Crippen LogP contribution in [0.4, 0.5) is 5.69 Å². The second-order valence-electron chi connectivity index (χ2n) is 8.35. The van der Waals surface area contributed by atoms with Gasteiger partial charge in [-0.2, -0.15) is 0 Å². The molecule has 0 atom stereocenters. The van der Waals surface area contributed by atoms with Gasteiger partial charge in [-0.3, -0.25) is 0 Å². The summed E-state index contributed by atoms with van der Waals surface area (Å²) in [6.45, 7) is 9.03. The Balaban J connectivity index is 1.75. The molecule has 0 bridgehead atoms. The first-order chi connectivity index (χ1) is 12.4. The number of nitrogens with one attached hydrogen (secondary N) is 1. The van der Waals surface area contributed by atoms with Crippen LogP contribution in [0.5, 0.6) is 0 Å². The van der Waals surface area contributed by atoms with Crippen LogP contribution in [0.1, 0.15) is 39.2 Å². The Kier molecular flexibility index (Phi) is 4.51. The van der Waals surface area contributed by atoms with E-state index in [4.69, 9.17) is 4.98 Å². The molecule has 1 N–H and O–H groups in total. The summed E-state index contributed by atoms with van der Waals surface area (Å²) in [5.41, 5.74) is 6.55. The van der Waals surface area contributed by atoms with Gasteiger partial charge in [0, 0.05) is 29.9 Å². The molecule has 0 saturated carbocycles. The van der Waals surface area contributed by atoms with E-state index in [9.17, 15) is 0 Å². The topological polar surface area (TPSA) is 44.8 Å². The maximum atomic E-state index is 4.98. The number of halogens is 1. The molecule has 1 saturated heterocycles. The van der Waals surface area contributed by atoms with Crippen LogP contribution in [0.15, 0.2) is 35.1 Å². The Morgan fingerprint density at radius 2 is 1.96 bits per heavy atom. The van der Waals surface area contributed by atoms with Crippen molar-refractivity contribution in [3.8, 4) is 11.3 Å². The summed E-state index contributed by atoms with van der Waals surface area (Å²) in [4.78, 5) is 15.4. The fourth-order valence-corrected chi connectivity index (χ4v) is 4.16. The molecule has 3 aromatic rings. The predicted octanol–water partition coefficient (Wildman–Crippen LogP) is 5.58. The summed E-state index contributed by atoms with van der Waals surface area (Å²) >= 11 is 3.66. The molecule has 3 heterocycles. The first-order valence-electron chi connectivity index (χ1n) is 9.29. The van der Waals surface area contributed by atoms with Crippen molar-refractivity contribution in [3.63, 3.8) is 0 Å². The van der Waals surface area contributed by atoms with E-state index in [1.807, 2.05) is 6.20 Å². The van der Waals surface area contributed by atoms with Crippen LogP contribution in [0.2, 0.25) is 0 Å². The second kappa shape index (κ2) is 6.69. The molecule has 1 aliphatic heterocycles. The molecule has 0 amide bonds. The highest BCUT2D eigenvalue weighted by atomic mass is 79.9. The van der Waals surface area contributed by atoms with E-state index in [1.165, 1.54) is 24.1 Å². The summed E-state index contributed by atoms with van der Waals surface area (Å²) in [5.74, 6) is 0. The Morgan fingerprint density at radius 1 is 1.19 bits per heavy atom. The highest BCUT2D eigenvalue weighted by Gasteiger charge is 2.20. The van der Waals surface area contributed by atoms with Crippen LogP contribution >= 0.6 is 15.9 Å². The minimum atomic E-state index is 0.186. The molecule has 0 spiro atoms. The third-order valence-electron chi connectivity index (χ3n) is 4.87. The van der Waals surface area contributed by atoms with Crippen molar-refractivity contribution in [2.24, 2.45) is 5.41 Å². The van der Waals surface area contributed by atoms with E-state index in [1.54, 1.807) is 0 Å². The lowest BCUT2D eigenvalue weighted by Crippen LogP contribution is -2.17. The minimum Gasteiger partial charge on any atom is -0.372 e. The molecule has 136 valence electrons. The molecule has 0 radical (unpaired) electrons. The van der Waals surface area contributed by atoms with E-state index in [0.29, 0.717) is 0 Å². The number of hydrogen-bond acceptors (Lipinski definition) is 3. The second-order valence-corrected chi connectivity index (χ2v) is 9.14. The highest BCUT2D eigenvalue weighted by molar-refractivity contribution is 9.10. The first-order valence-corrected chi connectivity index (χ1v) is 10.1. The standard InChI is InChI=1S/C21H25BrN4/c1-21(2,3)12-16-18-20(25-19(16)22)23-13-17(24-18)14-7-6-8-15(11-14)26-9-4-5-10-26/h6-8,11,13H,4-5,9-10,12H2,1-3H3,(H,23,25). The van der Waals surface area contributed by atoms with E-state index >= 15 is 0 Å². The lowest BCUT2D eigenvalue weighted by Gasteiger charge is -2.18. The van der Waals surface area contributed by atoms with Gasteiger partial charge in [0.2, 0.25) is 0 Å². The Hall–Kier alpha value is -1.88. The molecular formula is C21H25BrN4. The number of H-pyrrole nitrogens is 1. The molecular weight excluding hydrogens is 388 g/mol. The lowest BCUT2D eigenvalue weighted by molar-refractivity contribution is 0.411. The number of hydrogen-bond donors (Lipinski definition) is 1. The van der Waals surface area contributed by atoms with Crippen molar-refractivity contribution >= 4 is 32.8 Å². The first kappa shape index (κ1) is 17.5. The monoisotopic (exact) mass is 412 g/mol. The van der Waals surface area contributed by atoms with E-state index in [-0.39, 0.29) is 5.41 Å². The van der Waals surface area contributed by atoms with Gasteiger partial charge in [0.05, 0.1) is 16.5 Å². The summed E-state index contributed by atoms with van der Waals surface area (Å²) < 4.78 is 0.991. The summed E-state index contributed by atoms with van der Waals surface area (Å²) in [5, 5.41) is 0. The zero-order valence-corrected chi connectivity index (χ0v) is 17.2. The van der Waals surface area contributed by atoms with Crippen molar-refractivity contribution in [2.75, 3.05) is 18.0 Å². The Bertz CT molecular complexity index is 933. The fraction of sp³-hybridized carbons (Fsp3) is 0.429. The van der Waals surface area contributed by atoms with Crippen molar-refractivity contribution in [1.29, 1.82) is 0 Å².